The molecule has 1 unspecified atom stereocenters. The van der Waals surface area contributed by atoms with E-state index in [1.165, 1.54) is 6.33 Å². The third kappa shape index (κ3) is 5.21. The van der Waals surface area contributed by atoms with Crippen LogP contribution in [0.25, 0.3) is 22.1 Å². The van der Waals surface area contributed by atoms with E-state index in [4.69, 9.17) is 9.72 Å². The summed E-state index contributed by atoms with van der Waals surface area (Å²) < 4.78 is 8.15. The Labute approximate surface area is 238 Å². The fourth-order valence-corrected chi connectivity index (χ4v) is 4.88. The van der Waals surface area contributed by atoms with Crippen molar-refractivity contribution in [1.29, 1.82) is 0 Å². The maximum Gasteiger partial charge on any atom is 0.255 e. The smallest absolute Gasteiger partial charge is 0.255 e. The fourth-order valence-electron chi connectivity index (χ4n) is 4.88. The summed E-state index contributed by atoms with van der Waals surface area (Å²) in [5, 5.41) is 3.38. The summed E-state index contributed by atoms with van der Waals surface area (Å²) in [6.45, 7) is 4.66. The van der Waals surface area contributed by atoms with Gasteiger partial charge in [-0.2, -0.15) is 0 Å². The van der Waals surface area contributed by atoms with E-state index in [1.54, 1.807) is 11.2 Å². The summed E-state index contributed by atoms with van der Waals surface area (Å²) >= 11 is 0. The van der Waals surface area contributed by atoms with Crippen molar-refractivity contribution in [3.8, 4) is 11.5 Å². The van der Waals surface area contributed by atoms with Crippen LogP contribution in [-0.2, 0) is 11.8 Å². The molecule has 5 aromatic rings. The van der Waals surface area contributed by atoms with Crippen LogP contribution in [0.5, 0.6) is 11.5 Å². The topological polar surface area (TPSA) is 101 Å². The molecule has 0 radical (unpaired) electrons. The minimum absolute atomic E-state index is 0.00897. The molecule has 0 aliphatic carbocycles. The number of rotatable bonds is 7. The standard InChI is InChI=1S/C31H32N8O2/c1-19-14-22(6-10-27(19)41-23-7-9-26-25(16-23)34-18-38(26)5)35-30-29-24(32-17-33-30)8-11-28(36-29)39-13-12-21(31(39)40)15-20(2)37(3)4/h6-11,14-18,20H,12-13H2,1-5H3,(H,32,33,35)/b21-15+. The van der Waals surface area contributed by atoms with Crippen LogP contribution in [-0.4, -0.2) is 62.0 Å². The predicted octanol–water partition coefficient (Wildman–Crippen LogP) is 5.37. The van der Waals surface area contributed by atoms with E-state index in [0.717, 1.165) is 39.4 Å². The van der Waals surface area contributed by atoms with Gasteiger partial charge in [-0.15, -0.1) is 0 Å². The highest BCUT2D eigenvalue weighted by Gasteiger charge is 2.29. The first-order valence-electron chi connectivity index (χ1n) is 13.5. The van der Waals surface area contributed by atoms with Crippen LogP contribution >= 0.6 is 0 Å². The summed E-state index contributed by atoms with van der Waals surface area (Å²) in [5.41, 5.74) is 5.82. The molecule has 1 amide bonds. The number of nitrogens with one attached hydrogen (secondary N) is 1. The first-order valence-corrected chi connectivity index (χ1v) is 13.5. The van der Waals surface area contributed by atoms with Crippen molar-refractivity contribution in [2.24, 2.45) is 7.05 Å². The number of carbonyl (C=O) groups is 1. The van der Waals surface area contributed by atoms with Crippen LogP contribution in [0.1, 0.15) is 18.9 Å². The van der Waals surface area contributed by atoms with Gasteiger partial charge in [-0.3, -0.25) is 9.69 Å². The first kappa shape index (κ1) is 26.4. The van der Waals surface area contributed by atoms with Gasteiger partial charge in [-0.05, 0) is 82.4 Å². The second-order valence-electron chi connectivity index (χ2n) is 10.6. The minimum atomic E-state index is -0.00897. The van der Waals surface area contributed by atoms with Gasteiger partial charge < -0.3 is 19.5 Å². The summed E-state index contributed by atoms with van der Waals surface area (Å²) in [4.78, 5) is 35.1. The number of aryl methyl sites for hydroxylation is 2. The van der Waals surface area contributed by atoms with Crippen molar-refractivity contribution in [1.82, 2.24) is 29.4 Å². The van der Waals surface area contributed by atoms with Crippen molar-refractivity contribution in [2.45, 2.75) is 26.3 Å². The minimum Gasteiger partial charge on any atom is -0.457 e. The molecule has 2 aromatic carbocycles. The number of ether oxygens (including phenoxy) is 1. The van der Waals surface area contributed by atoms with Crippen LogP contribution in [0, 0.1) is 6.92 Å². The Morgan fingerprint density at radius 2 is 1.90 bits per heavy atom. The normalized spacial score (nSPS) is 15.4. The van der Waals surface area contributed by atoms with Gasteiger partial charge >= 0.3 is 0 Å². The van der Waals surface area contributed by atoms with Gasteiger partial charge in [0.15, 0.2) is 5.82 Å². The zero-order valence-electron chi connectivity index (χ0n) is 23.8. The molecule has 1 N–H and O–H groups in total. The third-order valence-corrected chi connectivity index (χ3v) is 7.49. The van der Waals surface area contributed by atoms with Crippen molar-refractivity contribution in [3.05, 3.63) is 78.4 Å². The zero-order chi connectivity index (χ0) is 28.7. The second-order valence-corrected chi connectivity index (χ2v) is 10.6. The SMILES string of the molecule is Cc1cc(Nc2ncnc3ccc(N4CC/C(=C\C(C)N(C)C)C4=O)nc23)ccc1Oc1ccc2c(c1)ncn2C. The lowest BCUT2D eigenvalue weighted by molar-refractivity contribution is -0.114. The predicted molar refractivity (Wildman–Crippen MR) is 161 cm³/mol. The van der Waals surface area contributed by atoms with Crippen molar-refractivity contribution in [3.63, 3.8) is 0 Å². The number of benzene rings is 2. The van der Waals surface area contributed by atoms with Gasteiger partial charge in [0.25, 0.3) is 5.91 Å². The fraction of sp³-hybridized carbons (Fsp3) is 0.258. The van der Waals surface area contributed by atoms with Crippen molar-refractivity contribution in [2.75, 3.05) is 30.9 Å². The van der Waals surface area contributed by atoms with E-state index >= 15 is 0 Å². The third-order valence-electron chi connectivity index (χ3n) is 7.49. The highest BCUT2D eigenvalue weighted by Crippen LogP contribution is 2.32. The molecule has 3 aromatic heterocycles. The molecule has 0 bridgehead atoms. The Balaban J connectivity index is 1.23. The highest BCUT2D eigenvalue weighted by molar-refractivity contribution is 6.08. The van der Waals surface area contributed by atoms with Gasteiger partial charge in [0.2, 0.25) is 0 Å². The van der Waals surface area contributed by atoms with Crippen molar-refractivity contribution < 1.29 is 9.53 Å². The van der Waals surface area contributed by atoms with E-state index in [0.29, 0.717) is 35.6 Å². The molecule has 10 nitrogen and oxygen atoms in total. The van der Waals surface area contributed by atoms with E-state index in [2.05, 4.69) is 32.1 Å². The van der Waals surface area contributed by atoms with Crippen LogP contribution in [0.4, 0.5) is 17.3 Å². The van der Waals surface area contributed by atoms with E-state index in [-0.39, 0.29) is 11.9 Å². The number of pyridine rings is 1. The summed E-state index contributed by atoms with van der Waals surface area (Å²) in [6, 6.07) is 15.6. The molecule has 10 heteroatoms. The lowest BCUT2D eigenvalue weighted by Gasteiger charge is -2.17. The van der Waals surface area contributed by atoms with E-state index < -0.39 is 0 Å². The quantitative estimate of drug-likeness (QED) is 0.271. The van der Waals surface area contributed by atoms with Gasteiger partial charge in [-0.1, -0.05) is 6.08 Å². The van der Waals surface area contributed by atoms with Crippen molar-refractivity contribution >= 4 is 45.3 Å². The molecule has 1 saturated heterocycles. The average molecular weight is 549 g/mol. The summed E-state index contributed by atoms with van der Waals surface area (Å²) in [6.07, 6.45) is 6.02. The Bertz CT molecular complexity index is 1810. The average Bonchev–Trinajstić information content (AvgIpc) is 3.51. The van der Waals surface area contributed by atoms with Crippen LogP contribution < -0.4 is 15.0 Å². The van der Waals surface area contributed by atoms with Gasteiger partial charge in [0.1, 0.15) is 29.2 Å². The molecule has 41 heavy (non-hydrogen) atoms. The number of aromatic nitrogens is 5. The second kappa shape index (κ2) is 10.6. The van der Waals surface area contributed by atoms with Crippen LogP contribution in [0.15, 0.2) is 72.8 Å². The van der Waals surface area contributed by atoms with Gasteiger partial charge in [-0.25, -0.2) is 19.9 Å². The number of likely N-dealkylation sites (N-methyl/N-ethyl adjacent to an activating group) is 1. The molecular weight excluding hydrogens is 516 g/mol. The molecule has 4 heterocycles. The largest absolute Gasteiger partial charge is 0.457 e. The first-order chi connectivity index (χ1) is 19.8. The van der Waals surface area contributed by atoms with Gasteiger partial charge in [0.05, 0.1) is 22.9 Å². The van der Waals surface area contributed by atoms with Crippen LogP contribution in [0.3, 0.4) is 0 Å². The maximum absolute atomic E-state index is 13.2. The number of imidazole rings is 1. The molecular formula is C31H32N8O2. The van der Waals surface area contributed by atoms with E-state index in [1.807, 2.05) is 87.2 Å². The molecule has 0 saturated carbocycles. The maximum atomic E-state index is 13.2. The Morgan fingerprint density at radius 1 is 1.05 bits per heavy atom. The number of anilines is 3. The molecule has 6 rings (SSSR count). The number of fused-ring (bicyclic) bond motifs is 2. The van der Waals surface area contributed by atoms with E-state index in [9.17, 15) is 4.79 Å². The molecule has 208 valence electrons. The van der Waals surface area contributed by atoms with Gasteiger partial charge in [0, 0.05) is 37.0 Å². The number of hydrogen-bond donors (Lipinski definition) is 1. The Morgan fingerprint density at radius 3 is 2.71 bits per heavy atom. The monoisotopic (exact) mass is 548 g/mol. The highest BCUT2D eigenvalue weighted by atomic mass is 16.5. The molecule has 1 aliphatic rings. The Hall–Kier alpha value is -4.83. The molecule has 1 atom stereocenters. The van der Waals surface area contributed by atoms with Crippen LogP contribution in [0.2, 0.25) is 0 Å². The summed E-state index contributed by atoms with van der Waals surface area (Å²) in [7, 11) is 5.97. The Kier molecular flexibility index (Phi) is 6.84. The molecule has 0 spiro atoms. The zero-order valence-corrected chi connectivity index (χ0v) is 23.8. The summed E-state index contributed by atoms with van der Waals surface area (Å²) in [5.74, 6) is 2.62. The lowest BCUT2D eigenvalue weighted by atomic mass is 10.1. The number of nitrogens with zero attached hydrogens (tertiary/aromatic N) is 7. The molecule has 1 fully saturated rings. The lowest BCUT2D eigenvalue weighted by Crippen LogP contribution is -2.27. The number of hydrogen-bond acceptors (Lipinski definition) is 8. The number of carbonyl (C=O) groups excluding carboxylic acids is 1. The molecule has 1 aliphatic heterocycles. The number of amides is 1.